The standard InChI is InChI=1S/C20H24N6O/c1-15-21-10-12-25(15)14-18-22-23-19(24(18)2)17-9-6-11-26(13-17)20(27)16-7-4-3-5-8-16/h3-5,7-8,10,12,17H,6,9,11,13-14H2,1-2H3. The smallest absolute Gasteiger partial charge is 0.253 e. The van der Waals surface area contributed by atoms with Gasteiger partial charge in [-0.1, -0.05) is 18.2 Å². The van der Waals surface area contributed by atoms with Gasteiger partial charge in [-0.25, -0.2) is 4.98 Å². The molecule has 2 aromatic heterocycles. The third kappa shape index (κ3) is 3.49. The van der Waals surface area contributed by atoms with Gasteiger partial charge < -0.3 is 14.0 Å². The highest BCUT2D eigenvalue weighted by atomic mass is 16.2. The van der Waals surface area contributed by atoms with Crippen LogP contribution < -0.4 is 0 Å². The molecule has 4 rings (SSSR count). The van der Waals surface area contributed by atoms with Crippen molar-refractivity contribution in [3.63, 3.8) is 0 Å². The van der Waals surface area contributed by atoms with E-state index >= 15 is 0 Å². The maximum absolute atomic E-state index is 12.8. The zero-order valence-electron chi connectivity index (χ0n) is 15.7. The first kappa shape index (κ1) is 17.5. The van der Waals surface area contributed by atoms with Crippen molar-refractivity contribution < 1.29 is 4.79 Å². The molecule has 0 saturated carbocycles. The third-order valence-electron chi connectivity index (χ3n) is 5.33. The molecule has 3 aromatic rings. The molecule has 0 N–H and O–H groups in total. The quantitative estimate of drug-likeness (QED) is 0.713. The van der Waals surface area contributed by atoms with Crippen molar-refractivity contribution in [3.8, 4) is 0 Å². The molecule has 1 aliphatic heterocycles. The summed E-state index contributed by atoms with van der Waals surface area (Å²) in [5, 5.41) is 8.85. The van der Waals surface area contributed by atoms with Crippen molar-refractivity contribution in [2.45, 2.75) is 32.2 Å². The Hall–Kier alpha value is -2.96. The summed E-state index contributed by atoms with van der Waals surface area (Å²) >= 11 is 0. The number of aromatic nitrogens is 5. The van der Waals surface area contributed by atoms with Crippen molar-refractivity contribution in [1.29, 1.82) is 0 Å². The lowest BCUT2D eigenvalue weighted by Gasteiger charge is -2.32. The number of carbonyl (C=O) groups is 1. The molecule has 1 fully saturated rings. The Bertz CT molecular complexity index is 929. The topological polar surface area (TPSA) is 68.8 Å². The second-order valence-electron chi connectivity index (χ2n) is 7.09. The number of rotatable bonds is 4. The van der Waals surface area contributed by atoms with E-state index in [0.717, 1.165) is 42.4 Å². The van der Waals surface area contributed by atoms with Crippen molar-refractivity contribution in [2.75, 3.05) is 13.1 Å². The number of aryl methyl sites for hydroxylation is 1. The van der Waals surface area contributed by atoms with Crippen LogP contribution in [0.2, 0.25) is 0 Å². The molecule has 140 valence electrons. The van der Waals surface area contributed by atoms with Crippen molar-refractivity contribution in [2.24, 2.45) is 7.05 Å². The molecule has 1 atom stereocenters. The van der Waals surface area contributed by atoms with Gasteiger partial charge in [0.1, 0.15) is 11.6 Å². The summed E-state index contributed by atoms with van der Waals surface area (Å²) in [7, 11) is 2.01. The zero-order valence-corrected chi connectivity index (χ0v) is 15.7. The fourth-order valence-corrected chi connectivity index (χ4v) is 3.73. The Morgan fingerprint density at radius 3 is 2.78 bits per heavy atom. The molecule has 0 spiro atoms. The molecular formula is C20H24N6O. The molecular weight excluding hydrogens is 340 g/mol. The number of piperidine rings is 1. The van der Waals surface area contributed by atoms with Gasteiger partial charge in [-0.15, -0.1) is 10.2 Å². The van der Waals surface area contributed by atoms with Crippen LogP contribution in [0.4, 0.5) is 0 Å². The molecule has 1 amide bonds. The monoisotopic (exact) mass is 364 g/mol. The van der Waals surface area contributed by atoms with Gasteiger partial charge in [0.2, 0.25) is 0 Å². The van der Waals surface area contributed by atoms with Gasteiger partial charge in [0.05, 0.1) is 6.54 Å². The number of hydrogen-bond donors (Lipinski definition) is 0. The normalized spacial score (nSPS) is 17.3. The molecule has 7 heteroatoms. The summed E-state index contributed by atoms with van der Waals surface area (Å²) in [6.45, 7) is 4.10. The first-order valence-electron chi connectivity index (χ1n) is 9.33. The molecule has 27 heavy (non-hydrogen) atoms. The number of hydrogen-bond acceptors (Lipinski definition) is 4. The van der Waals surface area contributed by atoms with E-state index in [1.54, 1.807) is 6.20 Å². The number of benzene rings is 1. The molecule has 0 bridgehead atoms. The van der Waals surface area contributed by atoms with Crippen LogP contribution in [-0.2, 0) is 13.6 Å². The van der Waals surface area contributed by atoms with Gasteiger partial charge in [-0.2, -0.15) is 0 Å². The molecule has 3 heterocycles. The number of likely N-dealkylation sites (tertiary alicyclic amines) is 1. The third-order valence-corrected chi connectivity index (χ3v) is 5.33. The first-order chi connectivity index (χ1) is 13.1. The lowest BCUT2D eigenvalue weighted by Crippen LogP contribution is -2.39. The highest BCUT2D eigenvalue weighted by molar-refractivity contribution is 5.94. The first-order valence-corrected chi connectivity index (χ1v) is 9.33. The van der Waals surface area contributed by atoms with Crippen LogP contribution in [0, 0.1) is 6.92 Å². The van der Waals surface area contributed by atoms with E-state index in [-0.39, 0.29) is 11.8 Å². The molecule has 0 radical (unpaired) electrons. The van der Waals surface area contributed by atoms with Gasteiger partial charge in [0.15, 0.2) is 5.82 Å². The van der Waals surface area contributed by atoms with Crippen molar-refractivity contribution in [3.05, 3.63) is 65.8 Å². The van der Waals surface area contributed by atoms with Gasteiger partial charge in [-0.3, -0.25) is 4.79 Å². The van der Waals surface area contributed by atoms with E-state index < -0.39 is 0 Å². The molecule has 1 aromatic carbocycles. The molecule has 1 unspecified atom stereocenters. The summed E-state index contributed by atoms with van der Waals surface area (Å²) in [6, 6.07) is 9.49. The van der Waals surface area contributed by atoms with Gasteiger partial charge in [-0.05, 0) is 31.9 Å². The van der Waals surface area contributed by atoms with Crippen LogP contribution in [0.5, 0.6) is 0 Å². The number of carbonyl (C=O) groups excluding carboxylic acids is 1. The fraction of sp³-hybridized carbons (Fsp3) is 0.400. The molecule has 1 aliphatic rings. The van der Waals surface area contributed by atoms with Crippen molar-refractivity contribution >= 4 is 5.91 Å². The predicted molar refractivity (Wildman–Crippen MR) is 101 cm³/mol. The summed E-state index contributed by atoms with van der Waals surface area (Å²) in [5.41, 5.74) is 0.743. The number of nitrogens with zero attached hydrogens (tertiary/aromatic N) is 6. The van der Waals surface area contributed by atoms with E-state index in [9.17, 15) is 4.79 Å². The van der Waals surface area contributed by atoms with Gasteiger partial charge in [0, 0.05) is 44.0 Å². The molecule has 1 saturated heterocycles. The Morgan fingerprint density at radius 2 is 2.04 bits per heavy atom. The Balaban J connectivity index is 1.50. The van der Waals surface area contributed by atoms with Crippen LogP contribution in [0.1, 0.15) is 46.6 Å². The molecule has 0 aliphatic carbocycles. The van der Waals surface area contributed by atoms with Crippen molar-refractivity contribution in [1.82, 2.24) is 29.2 Å². The van der Waals surface area contributed by atoms with Crippen LogP contribution in [0.15, 0.2) is 42.7 Å². The second-order valence-corrected chi connectivity index (χ2v) is 7.09. The van der Waals surface area contributed by atoms with E-state index in [1.165, 1.54) is 0 Å². The number of amides is 1. The molecule has 7 nitrogen and oxygen atoms in total. The minimum Gasteiger partial charge on any atom is -0.338 e. The summed E-state index contributed by atoms with van der Waals surface area (Å²) < 4.78 is 4.13. The zero-order chi connectivity index (χ0) is 18.8. The van der Waals surface area contributed by atoms with Gasteiger partial charge >= 0.3 is 0 Å². The van der Waals surface area contributed by atoms with Gasteiger partial charge in [0.25, 0.3) is 5.91 Å². The minimum absolute atomic E-state index is 0.0942. The average Bonchev–Trinajstić information content (AvgIpc) is 3.28. The van der Waals surface area contributed by atoms with Crippen LogP contribution >= 0.6 is 0 Å². The van der Waals surface area contributed by atoms with Crippen LogP contribution in [0.3, 0.4) is 0 Å². The average molecular weight is 364 g/mol. The second kappa shape index (κ2) is 7.34. The van der Waals surface area contributed by atoms with Crippen LogP contribution in [0.25, 0.3) is 0 Å². The Morgan fingerprint density at radius 1 is 1.22 bits per heavy atom. The van der Waals surface area contributed by atoms with E-state index in [0.29, 0.717) is 13.1 Å². The minimum atomic E-state index is 0.0942. The largest absolute Gasteiger partial charge is 0.338 e. The fourth-order valence-electron chi connectivity index (χ4n) is 3.73. The Labute approximate surface area is 158 Å². The number of imidazole rings is 1. The maximum Gasteiger partial charge on any atom is 0.253 e. The van der Waals surface area contributed by atoms with E-state index in [1.807, 2.05) is 55.4 Å². The lowest BCUT2D eigenvalue weighted by atomic mass is 9.96. The maximum atomic E-state index is 12.8. The highest BCUT2D eigenvalue weighted by Crippen LogP contribution is 2.27. The van der Waals surface area contributed by atoms with E-state index in [2.05, 4.69) is 24.3 Å². The van der Waals surface area contributed by atoms with Crippen LogP contribution in [-0.4, -0.2) is 48.2 Å². The summed E-state index contributed by atoms with van der Waals surface area (Å²) in [4.78, 5) is 19.0. The highest BCUT2D eigenvalue weighted by Gasteiger charge is 2.28. The Kier molecular flexibility index (Phi) is 4.75. The summed E-state index contributed by atoms with van der Waals surface area (Å²) in [5.74, 6) is 3.11. The SMILES string of the molecule is Cc1nccn1Cc1nnc(C2CCCN(C(=O)c3ccccc3)C2)n1C. The lowest BCUT2D eigenvalue weighted by molar-refractivity contribution is 0.0703. The summed E-state index contributed by atoms with van der Waals surface area (Å²) in [6.07, 6.45) is 5.74. The predicted octanol–water partition coefficient (Wildman–Crippen LogP) is 2.39. The van der Waals surface area contributed by atoms with E-state index in [4.69, 9.17) is 0 Å².